The van der Waals surface area contributed by atoms with E-state index in [4.69, 9.17) is 4.42 Å². The average Bonchev–Trinajstić information content (AvgIpc) is 3.08. The van der Waals surface area contributed by atoms with Crippen molar-refractivity contribution in [2.75, 3.05) is 5.32 Å². The van der Waals surface area contributed by atoms with Crippen molar-refractivity contribution in [2.45, 2.75) is 0 Å². The van der Waals surface area contributed by atoms with Gasteiger partial charge in [-0.3, -0.25) is 4.79 Å². The zero-order valence-electron chi connectivity index (χ0n) is 10.6. The number of carbonyl (C=O) groups excluding carboxylic acids is 1. The maximum atomic E-state index is 11.9. The van der Waals surface area contributed by atoms with Gasteiger partial charge in [0.15, 0.2) is 10.4 Å². The number of amides is 1. The average molecular weight is 411 g/mol. The number of nitrogens with zero attached hydrogens (tertiary/aromatic N) is 2. The molecule has 0 aliphatic rings. The first-order valence-corrected chi connectivity index (χ1v) is 7.58. The quantitative estimate of drug-likeness (QED) is 0.702. The summed E-state index contributed by atoms with van der Waals surface area (Å²) >= 11 is 6.51. The molecule has 0 bridgehead atoms. The first-order valence-electron chi connectivity index (χ1n) is 5.99. The fourth-order valence-corrected chi connectivity index (χ4v) is 2.36. The third-order valence-electron chi connectivity index (χ3n) is 2.74. The number of rotatable bonds is 3. The van der Waals surface area contributed by atoms with E-state index in [1.807, 2.05) is 18.3 Å². The van der Waals surface area contributed by atoms with Crippen molar-refractivity contribution < 1.29 is 9.21 Å². The molecule has 1 N–H and O–H groups in total. The fourth-order valence-electron chi connectivity index (χ4n) is 1.77. The van der Waals surface area contributed by atoms with Crippen molar-refractivity contribution in [1.29, 1.82) is 0 Å². The summed E-state index contributed by atoms with van der Waals surface area (Å²) < 4.78 is 8.36. The van der Waals surface area contributed by atoms with Crippen LogP contribution in [0.25, 0.3) is 5.69 Å². The molecule has 0 unspecified atom stereocenters. The number of carbonyl (C=O) groups is 1. The molecule has 21 heavy (non-hydrogen) atoms. The van der Waals surface area contributed by atoms with Gasteiger partial charge >= 0.3 is 0 Å². The Morgan fingerprint density at radius 1 is 1.14 bits per heavy atom. The van der Waals surface area contributed by atoms with E-state index in [2.05, 4.69) is 42.3 Å². The van der Waals surface area contributed by atoms with E-state index in [-0.39, 0.29) is 11.7 Å². The number of anilines is 1. The molecule has 0 spiro atoms. The topological polar surface area (TPSA) is 60.1 Å². The Kier molecular flexibility index (Phi) is 3.94. The summed E-state index contributed by atoms with van der Waals surface area (Å²) in [6.45, 7) is 0. The largest absolute Gasteiger partial charge is 0.444 e. The molecule has 0 saturated heterocycles. The number of hydrogen-bond acceptors (Lipinski definition) is 3. The zero-order chi connectivity index (χ0) is 14.8. The Bertz CT molecular complexity index is 778. The van der Waals surface area contributed by atoms with Gasteiger partial charge < -0.3 is 9.73 Å². The van der Waals surface area contributed by atoms with Crippen LogP contribution in [0.5, 0.6) is 0 Å². The molecule has 0 atom stereocenters. The number of hydrogen-bond donors (Lipinski definition) is 1. The molecule has 0 fully saturated rings. The highest BCUT2D eigenvalue weighted by Gasteiger charge is 2.10. The van der Waals surface area contributed by atoms with Crippen LogP contribution in [-0.4, -0.2) is 15.7 Å². The molecule has 0 radical (unpaired) electrons. The van der Waals surface area contributed by atoms with Gasteiger partial charge in [0.2, 0.25) is 0 Å². The van der Waals surface area contributed by atoms with Crippen molar-refractivity contribution >= 4 is 43.5 Å². The highest BCUT2D eigenvalue weighted by molar-refractivity contribution is 9.10. The Morgan fingerprint density at radius 3 is 2.48 bits per heavy atom. The van der Waals surface area contributed by atoms with Gasteiger partial charge in [-0.05, 0) is 68.3 Å². The summed E-state index contributed by atoms with van der Waals surface area (Å²) in [6, 6.07) is 10.6. The molecule has 3 rings (SSSR count). The highest BCUT2D eigenvalue weighted by Crippen LogP contribution is 2.18. The number of furan rings is 1. The Labute approximate surface area is 137 Å². The fraction of sp³-hybridized carbons (Fsp3) is 0. The molecule has 3 aromatic rings. The van der Waals surface area contributed by atoms with Crippen LogP contribution in [0.2, 0.25) is 0 Å². The van der Waals surface area contributed by atoms with E-state index in [1.165, 1.54) is 0 Å². The third-order valence-corrected chi connectivity index (χ3v) is 3.57. The summed E-state index contributed by atoms with van der Waals surface area (Å²) in [6.07, 6.45) is 3.57. The van der Waals surface area contributed by atoms with Crippen LogP contribution < -0.4 is 5.32 Å². The second-order valence-electron chi connectivity index (χ2n) is 4.21. The molecule has 2 aromatic heterocycles. The van der Waals surface area contributed by atoms with Crippen LogP contribution >= 0.6 is 31.9 Å². The molecule has 5 nitrogen and oxygen atoms in total. The third kappa shape index (κ3) is 3.25. The molecule has 2 heterocycles. The monoisotopic (exact) mass is 409 g/mol. The normalized spacial score (nSPS) is 10.6. The molecule has 106 valence electrons. The summed E-state index contributed by atoms with van der Waals surface area (Å²) in [4.78, 5) is 11.9. The number of aromatic nitrogens is 2. The van der Waals surface area contributed by atoms with Crippen LogP contribution in [0, 0.1) is 0 Å². The first kappa shape index (κ1) is 14.1. The second kappa shape index (κ2) is 5.87. The lowest BCUT2D eigenvalue weighted by atomic mass is 10.2. The lowest BCUT2D eigenvalue weighted by molar-refractivity contribution is 0.0995. The molecule has 1 aromatic carbocycles. The summed E-state index contributed by atoms with van der Waals surface area (Å²) in [5.74, 6) is -0.0442. The molecule has 0 saturated carbocycles. The SMILES string of the molecule is O=C(Nc1ccc(-n2cc(Br)cn2)cc1)c1ccc(Br)o1. The van der Waals surface area contributed by atoms with Crippen molar-refractivity contribution in [3.05, 3.63) is 63.7 Å². The number of halogens is 2. The van der Waals surface area contributed by atoms with Gasteiger partial charge in [-0.25, -0.2) is 4.68 Å². The van der Waals surface area contributed by atoms with Gasteiger partial charge in [0.1, 0.15) is 0 Å². The van der Waals surface area contributed by atoms with Gasteiger partial charge in [0, 0.05) is 11.9 Å². The van der Waals surface area contributed by atoms with Crippen molar-refractivity contribution in [1.82, 2.24) is 9.78 Å². The Balaban J connectivity index is 1.74. The van der Waals surface area contributed by atoms with E-state index < -0.39 is 0 Å². The van der Waals surface area contributed by atoms with Crippen LogP contribution in [0.1, 0.15) is 10.6 Å². The molecule has 1 amide bonds. The van der Waals surface area contributed by atoms with E-state index >= 15 is 0 Å². The molecule has 0 aliphatic heterocycles. The van der Waals surface area contributed by atoms with Crippen molar-refractivity contribution in [3.8, 4) is 5.69 Å². The van der Waals surface area contributed by atoms with Crippen LogP contribution in [0.15, 0.2) is 62.4 Å². The minimum absolute atomic E-state index is 0.252. The standard InChI is InChI=1S/C14H9Br2N3O2/c15-9-7-17-19(8-9)11-3-1-10(2-4-11)18-14(20)12-5-6-13(16)21-12/h1-8H,(H,18,20). The van der Waals surface area contributed by atoms with Crippen molar-refractivity contribution in [3.63, 3.8) is 0 Å². The van der Waals surface area contributed by atoms with E-state index in [9.17, 15) is 4.79 Å². The van der Waals surface area contributed by atoms with Crippen LogP contribution in [-0.2, 0) is 0 Å². The maximum absolute atomic E-state index is 11.9. The van der Waals surface area contributed by atoms with Crippen molar-refractivity contribution in [2.24, 2.45) is 0 Å². The van der Waals surface area contributed by atoms with E-state index in [1.54, 1.807) is 35.1 Å². The summed E-state index contributed by atoms with van der Waals surface area (Å²) in [5, 5.41) is 6.95. The molecular formula is C14H9Br2N3O2. The number of benzene rings is 1. The van der Waals surface area contributed by atoms with E-state index in [0.29, 0.717) is 10.4 Å². The highest BCUT2D eigenvalue weighted by atomic mass is 79.9. The Hall–Kier alpha value is -1.86. The van der Waals surface area contributed by atoms with Gasteiger partial charge in [0.05, 0.1) is 16.4 Å². The molecule has 7 heteroatoms. The van der Waals surface area contributed by atoms with Gasteiger partial charge in [-0.1, -0.05) is 0 Å². The Morgan fingerprint density at radius 2 is 1.90 bits per heavy atom. The minimum Gasteiger partial charge on any atom is -0.444 e. The van der Waals surface area contributed by atoms with E-state index in [0.717, 1.165) is 10.2 Å². The smallest absolute Gasteiger partial charge is 0.291 e. The minimum atomic E-state index is -0.296. The molecule has 0 aliphatic carbocycles. The predicted octanol–water partition coefficient (Wildman–Crippen LogP) is 4.24. The second-order valence-corrected chi connectivity index (χ2v) is 5.91. The summed E-state index contributed by atoms with van der Waals surface area (Å²) in [5.41, 5.74) is 1.59. The summed E-state index contributed by atoms with van der Waals surface area (Å²) in [7, 11) is 0. The van der Waals surface area contributed by atoms with Crippen LogP contribution in [0.3, 0.4) is 0 Å². The lowest BCUT2D eigenvalue weighted by Crippen LogP contribution is -2.10. The maximum Gasteiger partial charge on any atom is 0.291 e. The zero-order valence-corrected chi connectivity index (χ0v) is 13.8. The predicted molar refractivity (Wildman–Crippen MR) is 85.6 cm³/mol. The number of nitrogens with one attached hydrogen (secondary N) is 1. The van der Waals surface area contributed by atoms with Crippen LogP contribution in [0.4, 0.5) is 5.69 Å². The van der Waals surface area contributed by atoms with Gasteiger partial charge in [-0.15, -0.1) is 0 Å². The lowest BCUT2D eigenvalue weighted by Gasteiger charge is -2.05. The van der Waals surface area contributed by atoms with Gasteiger partial charge in [-0.2, -0.15) is 5.10 Å². The first-order chi connectivity index (χ1) is 10.1. The van der Waals surface area contributed by atoms with Gasteiger partial charge in [0.25, 0.3) is 5.91 Å². The molecular weight excluding hydrogens is 402 g/mol.